The highest BCUT2D eigenvalue weighted by molar-refractivity contribution is 6.30. The maximum Gasteiger partial charge on any atom is 0.317 e. The van der Waals surface area contributed by atoms with Gasteiger partial charge < -0.3 is 25.8 Å². The molecule has 1 aromatic rings. The molecule has 1 aliphatic carbocycles. The van der Waals surface area contributed by atoms with E-state index in [9.17, 15) is 9.90 Å². The Morgan fingerprint density at radius 2 is 2.09 bits per heavy atom. The molecule has 6 nitrogen and oxygen atoms in total. The number of nitrogens with two attached hydrogens (primary N) is 1. The second-order valence-electron chi connectivity index (χ2n) is 10.0. The van der Waals surface area contributed by atoms with E-state index in [1.165, 1.54) is 25.7 Å². The van der Waals surface area contributed by atoms with Crippen LogP contribution in [-0.4, -0.2) is 55.4 Å². The zero-order valence-electron chi connectivity index (χ0n) is 20.1. The van der Waals surface area contributed by atoms with Gasteiger partial charge in [0, 0.05) is 50.3 Å². The SMILES string of the molecule is COCCCCC(O)(c1cccc(Cl)c1)C1CCCN(C(=O)NCC(N)CC2CCCC2)C1. The molecule has 0 bridgehead atoms. The van der Waals surface area contributed by atoms with E-state index < -0.39 is 5.60 Å². The fourth-order valence-corrected chi connectivity index (χ4v) is 5.81. The number of carbonyl (C=O) groups excluding carboxylic acids is 1. The van der Waals surface area contributed by atoms with E-state index in [1.54, 1.807) is 7.11 Å². The summed E-state index contributed by atoms with van der Waals surface area (Å²) in [5.41, 5.74) is 6.10. The van der Waals surface area contributed by atoms with Gasteiger partial charge in [0.05, 0.1) is 5.60 Å². The second kappa shape index (κ2) is 12.9. The average Bonchev–Trinajstić information content (AvgIpc) is 3.33. The number of nitrogens with zero attached hydrogens (tertiary/aromatic N) is 1. The maximum atomic E-state index is 12.9. The first-order valence-electron chi connectivity index (χ1n) is 12.7. The number of amides is 2. The van der Waals surface area contributed by atoms with Crippen molar-refractivity contribution < 1.29 is 14.6 Å². The van der Waals surface area contributed by atoms with Gasteiger partial charge >= 0.3 is 6.03 Å². The number of carbonyl (C=O) groups is 1. The summed E-state index contributed by atoms with van der Waals surface area (Å²) >= 11 is 6.27. The van der Waals surface area contributed by atoms with Crippen LogP contribution in [0.25, 0.3) is 0 Å². The fourth-order valence-electron chi connectivity index (χ4n) is 5.62. The van der Waals surface area contributed by atoms with Gasteiger partial charge in [0.2, 0.25) is 0 Å². The molecule has 1 aliphatic heterocycles. The molecule has 1 saturated carbocycles. The molecule has 7 heteroatoms. The molecule has 1 saturated heterocycles. The van der Waals surface area contributed by atoms with Crippen LogP contribution in [0.4, 0.5) is 4.79 Å². The molecule has 2 amide bonds. The summed E-state index contributed by atoms with van der Waals surface area (Å²) in [5.74, 6) is 0.659. The molecule has 33 heavy (non-hydrogen) atoms. The number of unbranched alkanes of at least 4 members (excludes halogenated alkanes) is 1. The standard InChI is InChI=1S/C26H42ClN3O3/c1-33-15-5-4-13-26(32,21-10-6-12-23(27)17-21)22-11-7-14-30(19-22)25(31)29-18-24(28)16-20-8-2-3-9-20/h6,10,12,17,20,22,24,32H,2-5,7-9,11,13-16,18-19,28H2,1H3,(H,29,31). The summed E-state index contributed by atoms with van der Waals surface area (Å²) in [6.07, 6.45) is 10.2. The van der Waals surface area contributed by atoms with Crippen LogP contribution in [0, 0.1) is 11.8 Å². The van der Waals surface area contributed by atoms with E-state index >= 15 is 0 Å². The van der Waals surface area contributed by atoms with Crippen LogP contribution >= 0.6 is 11.6 Å². The zero-order valence-corrected chi connectivity index (χ0v) is 20.9. The number of halogens is 1. The summed E-state index contributed by atoms with van der Waals surface area (Å²) in [5, 5.41) is 15.6. The van der Waals surface area contributed by atoms with Crippen molar-refractivity contribution in [2.24, 2.45) is 17.6 Å². The number of urea groups is 1. The number of methoxy groups -OCH3 is 1. The van der Waals surface area contributed by atoms with Crippen LogP contribution in [0.5, 0.6) is 0 Å². The quantitative estimate of drug-likeness (QED) is 0.402. The molecule has 3 unspecified atom stereocenters. The number of hydrogen-bond acceptors (Lipinski definition) is 4. The lowest BCUT2D eigenvalue weighted by Gasteiger charge is -2.43. The van der Waals surface area contributed by atoms with Gasteiger partial charge in [-0.2, -0.15) is 0 Å². The van der Waals surface area contributed by atoms with Gasteiger partial charge in [-0.3, -0.25) is 0 Å². The van der Waals surface area contributed by atoms with Gasteiger partial charge in [0.15, 0.2) is 0 Å². The molecule has 3 rings (SSSR count). The van der Waals surface area contributed by atoms with Crippen LogP contribution in [0.2, 0.25) is 5.02 Å². The zero-order chi connectivity index (χ0) is 23.7. The summed E-state index contributed by atoms with van der Waals surface area (Å²) in [4.78, 5) is 14.8. The topological polar surface area (TPSA) is 87.8 Å². The van der Waals surface area contributed by atoms with E-state index in [0.717, 1.165) is 37.7 Å². The van der Waals surface area contributed by atoms with Crippen molar-refractivity contribution in [1.82, 2.24) is 10.2 Å². The van der Waals surface area contributed by atoms with Crippen molar-refractivity contribution in [1.29, 1.82) is 0 Å². The highest BCUT2D eigenvalue weighted by Crippen LogP contribution is 2.40. The van der Waals surface area contributed by atoms with Crippen LogP contribution < -0.4 is 11.1 Å². The number of nitrogens with one attached hydrogen (secondary N) is 1. The molecule has 0 spiro atoms. The van der Waals surface area contributed by atoms with Gasteiger partial charge in [-0.25, -0.2) is 4.79 Å². The Bertz CT molecular complexity index is 743. The highest BCUT2D eigenvalue weighted by Gasteiger charge is 2.41. The van der Waals surface area contributed by atoms with Crippen LogP contribution in [-0.2, 0) is 10.3 Å². The second-order valence-corrected chi connectivity index (χ2v) is 10.4. The molecular formula is C26H42ClN3O3. The fraction of sp³-hybridized carbons (Fsp3) is 0.731. The first kappa shape index (κ1) is 26.3. The first-order chi connectivity index (χ1) is 15.9. The van der Waals surface area contributed by atoms with E-state index in [4.69, 9.17) is 22.1 Å². The summed E-state index contributed by atoms with van der Waals surface area (Å²) < 4.78 is 5.19. The molecular weight excluding hydrogens is 438 g/mol. The Labute approximate surface area is 204 Å². The predicted molar refractivity (Wildman–Crippen MR) is 133 cm³/mol. The molecule has 4 N–H and O–H groups in total. The number of hydrogen-bond donors (Lipinski definition) is 3. The number of ether oxygens (including phenoxy) is 1. The molecule has 186 valence electrons. The minimum absolute atomic E-state index is 0.00168. The molecule has 2 aliphatic rings. The summed E-state index contributed by atoms with van der Waals surface area (Å²) in [6.45, 7) is 2.41. The van der Waals surface area contributed by atoms with Crippen molar-refractivity contribution in [2.75, 3.05) is 33.4 Å². The van der Waals surface area contributed by atoms with Crippen LogP contribution in [0.1, 0.15) is 69.8 Å². The molecule has 1 heterocycles. The van der Waals surface area contributed by atoms with Gasteiger partial charge in [-0.05, 0) is 62.1 Å². The number of likely N-dealkylation sites (tertiary alicyclic amines) is 1. The Hall–Kier alpha value is -1.34. The molecule has 3 atom stereocenters. The minimum atomic E-state index is -1.03. The van der Waals surface area contributed by atoms with Crippen molar-refractivity contribution in [2.45, 2.75) is 75.9 Å². The number of aliphatic hydroxyl groups is 1. The third-order valence-corrected chi connectivity index (χ3v) is 7.73. The van der Waals surface area contributed by atoms with E-state index in [0.29, 0.717) is 43.6 Å². The van der Waals surface area contributed by atoms with E-state index in [1.807, 2.05) is 29.2 Å². The molecule has 0 aromatic heterocycles. The van der Waals surface area contributed by atoms with E-state index in [2.05, 4.69) is 5.32 Å². The first-order valence-corrected chi connectivity index (χ1v) is 13.1. The van der Waals surface area contributed by atoms with Gasteiger partial charge in [0.1, 0.15) is 0 Å². The van der Waals surface area contributed by atoms with Crippen molar-refractivity contribution in [3.8, 4) is 0 Å². The maximum absolute atomic E-state index is 12.9. The van der Waals surface area contributed by atoms with Gasteiger partial charge in [0.25, 0.3) is 0 Å². The Kier molecular flexibility index (Phi) is 10.3. The molecule has 2 fully saturated rings. The predicted octanol–water partition coefficient (Wildman–Crippen LogP) is 4.67. The highest BCUT2D eigenvalue weighted by atomic mass is 35.5. The minimum Gasteiger partial charge on any atom is -0.385 e. The molecule has 1 aromatic carbocycles. The van der Waals surface area contributed by atoms with Crippen LogP contribution in [0.15, 0.2) is 24.3 Å². The largest absolute Gasteiger partial charge is 0.385 e. The third-order valence-electron chi connectivity index (χ3n) is 7.49. The Morgan fingerprint density at radius 1 is 1.30 bits per heavy atom. The summed E-state index contributed by atoms with van der Waals surface area (Å²) in [7, 11) is 1.69. The average molecular weight is 480 g/mol. The van der Waals surface area contributed by atoms with Crippen molar-refractivity contribution in [3.63, 3.8) is 0 Å². The van der Waals surface area contributed by atoms with Gasteiger partial charge in [-0.15, -0.1) is 0 Å². The monoisotopic (exact) mass is 479 g/mol. The lowest BCUT2D eigenvalue weighted by Crippen LogP contribution is -2.52. The van der Waals surface area contributed by atoms with Crippen molar-refractivity contribution in [3.05, 3.63) is 34.9 Å². The number of benzene rings is 1. The van der Waals surface area contributed by atoms with Gasteiger partial charge in [-0.1, -0.05) is 49.4 Å². The van der Waals surface area contributed by atoms with Crippen LogP contribution in [0.3, 0.4) is 0 Å². The lowest BCUT2D eigenvalue weighted by molar-refractivity contribution is -0.0563. The Morgan fingerprint density at radius 3 is 2.82 bits per heavy atom. The summed E-state index contributed by atoms with van der Waals surface area (Å²) in [6, 6.07) is 7.45. The number of piperidine rings is 1. The third kappa shape index (κ3) is 7.57. The van der Waals surface area contributed by atoms with E-state index in [-0.39, 0.29) is 18.0 Å². The number of rotatable bonds is 11. The van der Waals surface area contributed by atoms with Crippen molar-refractivity contribution >= 4 is 17.6 Å². The normalized spacial score (nSPS) is 22.2. The Balaban J connectivity index is 1.61. The smallest absolute Gasteiger partial charge is 0.317 e. The molecule has 0 radical (unpaired) electrons. The lowest BCUT2D eigenvalue weighted by atomic mass is 9.74.